The molecule has 30 heavy (non-hydrogen) atoms. The number of hydrogen-bond acceptors (Lipinski definition) is 4. The van der Waals surface area contributed by atoms with Gasteiger partial charge in [-0.25, -0.2) is 8.42 Å². The molecule has 156 valence electrons. The van der Waals surface area contributed by atoms with Crippen LogP contribution in [-0.2, 0) is 21.2 Å². The smallest absolute Gasteiger partial charge is 0.270 e. The summed E-state index contributed by atoms with van der Waals surface area (Å²) in [4.78, 5) is 25.4. The number of anilines is 1. The minimum Gasteiger partial charge on any atom is -0.325 e. The van der Waals surface area contributed by atoms with Crippen LogP contribution in [0, 0.1) is 27.7 Å². The van der Waals surface area contributed by atoms with Crippen molar-refractivity contribution in [3.63, 3.8) is 0 Å². The van der Waals surface area contributed by atoms with Gasteiger partial charge in [-0.1, -0.05) is 24.3 Å². The molecule has 0 spiro atoms. The van der Waals surface area contributed by atoms with Crippen LogP contribution in [0.1, 0.15) is 22.4 Å². The number of aryl methyl sites for hydroxylation is 4. The number of rotatable bonds is 5. The molecule has 2 aromatic carbocycles. The van der Waals surface area contributed by atoms with Gasteiger partial charge >= 0.3 is 0 Å². The fourth-order valence-electron chi connectivity index (χ4n) is 3.31. The summed E-state index contributed by atoms with van der Waals surface area (Å²) < 4.78 is 27.3. The van der Waals surface area contributed by atoms with Crippen LogP contribution in [0.5, 0.6) is 0 Å². The predicted molar refractivity (Wildman–Crippen MR) is 117 cm³/mol. The fraction of sp³-hybridized carbons (Fsp3) is 0.217. The second kappa shape index (κ2) is 8.28. The number of carbonyl (C=O) groups excluding carboxylic acids is 1. The molecule has 0 fully saturated rings. The van der Waals surface area contributed by atoms with Gasteiger partial charge in [0.2, 0.25) is 15.7 Å². The number of carbonyl (C=O) groups is 1. The molecule has 0 aliphatic carbocycles. The minimum atomic E-state index is -4.01. The zero-order valence-electron chi connectivity index (χ0n) is 17.4. The standard InChI is InChI=1S/C23H24N2O4S/c1-15-10-11-19(13-16(15)2)24-21(26)14-25-18(4)12-17(3)22(23(25)27)30(28,29)20-8-6-5-7-9-20/h5-13H,14H2,1-4H3,(H,24,26). The average Bonchev–Trinajstić information content (AvgIpc) is 2.68. The van der Waals surface area contributed by atoms with Gasteiger partial charge in [0.25, 0.3) is 5.56 Å². The summed E-state index contributed by atoms with van der Waals surface area (Å²) >= 11 is 0. The van der Waals surface area contributed by atoms with Crippen LogP contribution < -0.4 is 10.9 Å². The highest BCUT2D eigenvalue weighted by Gasteiger charge is 2.26. The van der Waals surface area contributed by atoms with Crippen molar-refractivity contribution in [2.45, 2.75) is 44.0 Å². The average molecular weight is 425 g/mol. The van der Waals surface area contributed by atoms with E-state index in [1.165, 1.54) is 16.7 Å². The minimum absolute atomic E-state index is 0.0418. The van der Waals surface area contributed by atoms with Gasteiger partial charge in [0.1, 0.15) is 11.4 Å². The normalized spacial score (nSPS) is 11.3. The Morgan fingerprint density at radius 1 is 0.900 bits per heavy atom. The second-order valence-electron chi connectivity index (χ2n) is 7.35. The molecule has 3 rings (SSSR count). The maximum Gasteiger partial charge on any atom is 0.270 e. The topological polar surface area (TPSA) is 85.2 Å². The predicted octanol–water partition coefficient (Wildman–Crippen LogP) is 3.55. The third-order valence-corrected chi connectivity index (χ3v) is 6.99. The van der Waals surface area contributed by atoms with Crippen molar-refractivity contribution < 1.29 is 13.2 Å². The number of nitrogens with zero attached hydrogens (tertiary/aromatic N) is 1. The number of nitrogens with one attached hydrogen (secondary N) is 1. The van der Waals surface area contributed by atoms with Crippen LogP contribution >= 0.6 is 0 Å². The molecule has 1 aromatic heterocycles. The van der Waals surface area contributed by atoms with Gasteiger partial charge in [-0.15, -0.1) is 0 Å². The first-order valence-electron chi connectivity index (χ1n) is 9.49. The lowest BCUT2D eigenvalue weighted by atomic mass is 10.1. The van der Waals surface area contributed by atoms with Gasteiger partial charge in [-0.2, -0.15) is 0 Å². The molecule has 3 aromatic rings. The molecule has 1 N–H and O–H groups in total. The highest BCUT2D eigenvalue weighted by Crippen LogP contribution is 2.21. The summed E-state index contributed by atoms with van der Waals surface area (Å²) in [6.07, 6.45) is 0. The molecule has 0 saturated heterocycles. The zero-order valence-corrected chi connectivity index (χ0v) is 18.2. The zero-order chi connectivity index (χ0) is 22.1. The lowest BCUT2D eigenvalue weighted by molar-refractivity contribution is -0.116. The van der Waals surface area contributed by atoms with E-state index in [-0.39, 0.29) is 16.3 Å². The molecule has 7 heteroatoms. The van der Waals surface area contributed by atoms with Gasteiger partial charge in [-0.05, 0) is 74.7 Å². The maximum atomic E-state index is 13.1. The molecule has 6 nitrogen and oxygen atoms in total. The summed E-state index contributed by atoms with van der Waals surface area (Å²) in [5.74, 6) is -0.407. The molecule has 0 atom stereocenters. The molecule has 0 bridgehead atoms. The van der Waals surface area contributed by atoms with E-state index in [1.54, 1.807) is 44.2 Å². The van der Waals surface area contributed by atoms with E-state index in [9.17, 15) is 18.0 Å². The van der Waals surface area contributed by atoms with Crippen LogP contribution in [0.2, 0.25) is 0 Å². The Morgan fingerprint density at radius 2 is 1.57 bits per heavy atom. The maximum absolute atomic E-state index is 13.1. The van der Waals surface area contributed by atoms with Crippen LogP contribution in [0.25, 0.3) is 0 Å². The first kappa shape index (κ1) is 21.5. The van der Waals surface area contributed by atoms with E-state index < -0.39 is 21.3 Å². The van der Waals surface area contributed by atoms with Gasteiger partial charge in [0, 0.05) is 11.4 Å². The SMILES string of the molecule is Cc1ccc(NC(=O)Cn2c(C)cc(C)c(S(=O)(=O)c3ccccc3)c2=O)cc1C. The Hall–Kier alpha value is -3.19. The van der Waals surface area contributed by atoms with Crippen molar-refractivity contribution in [3.05, 3.63) is 87.3 Å². The Bertz CT molecular complexity index is 1280. The highest BCUT2D eigenvalue weighted by atomic mass is 32.2. The van der Waals surface area contributed by atoms with E-state index in [2.05, 4.69) is 5.32 Å². The van der Waals surface area contributed by atoms with Crippen molar-refractivity contribution in [1.82, 2.24) is 4.57 Å². The monoisotopic (exact) mass is 424 g/mol. The van der Waals surface area contributed by atoms with Crippen LogP contribution in [0.3, 0.4) is 0 Å². The molecule has 1 amide bonds. The van der Waals surface area contributed by atoms with Crippen molar-refractivity contribution in [2.24, 2.45) is 0 Å². The van der Waals surface area contributed by atoms with Gasteiger partial charge < -0.3 is 9.88 Å². The lowest BCUT2D eigenvalue weighted by Crippen LogP contribution is -2.33. The Balaban J connectivity index is 1.98. The van der Waals surface area contributed by atoms with Crippen molar-refractivity contribution in [1.29, 1.82) is 0 Å². The first-order chi connectivity index (χ1) is 14.1. The number of amides is 1. The van der Waals surface area contributed by atoms with Crippen molar-refractivity contribution >= 4 is 21.4 Å². The number of aromatic nitrogens is 1. The largest absolute Gasteiger partial charge is 0.325 e. The number of hydrogen-bond donors (Lipinski definition) is 1. The Kier molecular flexibility index (Phi) is 5.94. The van der Waals surface area contributed by atoms with E-state index in [0.29, 0.717) is 16.9 Å². The second-order valence-corrected chi connectivity index (χ2v) is 9.24. The lowest BCUT2D eigenvalue weighted by Gasteiger charge is -2.15. The summed E-state index contributed by atoms with van der Waals surface area (Å²) in [5, 5.41) is 2.77. The van der Waals surface area contributed by atoms with E-state index in [0.717, 1.165) is 11.1 Å². The summed E-state index contributed by atoms with van der Waals surface area (Å²) in [5.41, 5.74) is 2.93. The molecule has 1 heterocycles. The van der Waals surface area contributed by atoms with Crippen LogP contribution in [0.15, 0.2) is 69.2 Å². The highest BCUT2D eigenvalue weighted by molar-refractivity contribution is 7.91. The quantitative estimate of drug-likeness (QED) is 0.679. The van der Waals surface area contributed by atoms with Crippen LogP contribution in [0.4, 0.5) is 5.69 Å². The molecule has 0 unspecified atom stereocenters. The third kappa shape index (κ3) is 4.21. The third-order valence-electron chi connectivity index (χ3n) is 5.06. The number of benzene rings is 2. The molecule has 0 aliphatic heterocycles. The molecular formula is C23H24N2O4S. The van der Waals surface area contributed by atoms with Gasteiger partial charge in [0.05, 0.1) is 4.90 Å². The molecule has 0 aliphatic rings. The molecule has 0 radical (unpaired) electrons. The van der Waals surface area contributed by atoms with E-state index in [4.69, 9.17) is 0 Å². The summed E-state index contributed by atoms with van der Waals surface area (Å²) in [6.45, 7) is 6.90. The Labute approximate surface area is 176 Å². The van der Waals surface area contributed by atoms with Gasteiger partial charge in [-0.3, -0.25) is 9.59 Å². The van der Waals surface area contributed by atoms with E-state index in [1.807, 2.05) is 26.0 Å². The number of pyridine rings is 1. The fourth-order valence-corrected chi connectivity index (χ4v) is 4.89. The first-order valence-corrected chi connectivity index (χ1v) is 11.0. The van der Waals surface area contributed by atoms with Crippen LogP contribution in [-0.4, -0.2) is 18.9 Å². The summed E-state index contributed by atoms with van der Waals surface area (Å²) in [7, 11) is -4.01. The van der Waals surface area contributed by atoms with E-state index >= 15 is 0 Å². The van der Waals surface area contributed by atoms with Gasteiger partial charge in [0.15, 0.2) is 0 Å². The summed E-state index contributed by atoms with van der Waals surface area (Å²) in [6, 6.07) is 15.0. The molecular weight excluding hydrogens is 400 g/mol. The number of sulfone groups is 1. The Morgan fingerprint density at radius 3 is 2.20 bits per heavy atom. The van der Waals surface area contributed by atoms with Crippen molar-refractivity contribution in [3.8, 4) is 0 Å². The molecule has 0 saturated carbocycles. The van der Waals surface area contributed by atoms with Crippen molar-refractivity contribution in [2.75, 3.05) is 5.32 Å².